The number of aromatic nitrogens is 1. The number of nitrogens with one attached hydrogen (secondary N) is 1. The minimum Gasteiger partial charge on any atom is -0.398 e. The minimum atomic E-state index is 0.116. The molecule has 0 saturated carbocycles. The first-order valence-electron chi connectivity index (χ1n) is 5.24. The predicted molar refractivity (Wildman–Crippen MR) is 61.6 cm³/mol. The number of ether oxygens (including phenoxy) is 1. The van der Waals surface area contributed by atoms with Gasteiger partial charge in [0, 0.05) is 30.3 Å². The van der Waals surface area contributed by atoms with Gasteiger partial charge in [0.05, 0.1) is 12.6 Å². The molecule has 1 heterocycles. The van der Waals surface area contributed by atoms with Crippen molar-refractivity contribution in [2.75, 3.05) is 26.0 Å². The number of nitrogen functional groups attached to an aromatic ring is 1. The second kappa shape index (κ2) is 6.37. The van der Waals surface area contributed by atoms with E-state index in [1.54, 1.807) is 18.5 Å². The highest BCUT2D eigenvalue weighted by atomic mass is 16.5. The summed E-state index contributed by atoms with van der Waals surface area (Å²) in [7, 11) is 1.90. The normalized spacial score (nSPS) is 12.7. The van der Waals surface area contributed by atoms with E-state index in [-0.39, 0.29) is 6.04 Å². The lowest BCUT2D eigenvalue weighted by atomic mass is 10.1. The Morgan fingerprint density at radius 3 is 3.00 bits per heavy atom. The molecule has 1 aromatic rings. The van der Waals surface area contributed by atoms with Gasteiger partial charge in [-0.1, -0.05) is 6.92 Å². The van der Waals surface area contributed by atoms with E-state index in [9.17, 15) is 0 Å². The highest BCUT2D eigenvalue weighted by Crippen LogP contribution is 2.18. The fourth-order valence-electron chi connectivity index (χ4n) is 1.38. The summed E-state index contributed by atoms with van der Waals surface area (Å²) in [4.78, 5) is 4.07. The van der Waals surface area contributed by atoms with Crippen LogP contribution in [0.25, 0.3) is 0 Å². The van der Waals surface area contributed by atoms with Crippen molar-refractivity contribution in [3.8, 4) is 0 Å². The Kier molecular flexibility index (Phi) is 5.07. The summed E-state index contributed by atoms with van der Waals surface area (Å²) in [6.07, 6.45) is 4.50. The van der Waals surface area contributed by atoms with E-state index < -0.39 is 0 Å². The largest absolute Gasteiger partial charge is 0.398 e. The Labute approximate surface area is 90.8 Å². The molecule has 0 bridgehead atoms. The molecule has 0 radical (unpaired) electrons. The monoisotopic (exact) mass is 209 g/mol. The number of pyridine rings is 1. The van der Waals surface area contributed by atoms with E-state index in [0.29, 0.717) is 6.61 Å². The Balaban J connectivity index is 2.61. The maximum atomic E-state index is 5.87. The lowest BCUT2D eigenvalue weighted by Gasteiger charge is -2.17. The SMILES string of the molecule is CCCOCC(NC)c1cnccc1N. The molecular formula is C11H19N3O. The highest BCUT2D eigenvalue weighted by Gasteiger charge is 2.12. The number of anilines is 1. The van der Waals surface area contributed by atoms with Crippen LogP contribution in [0.5, 0.6) is 0 Å². The Bertz CT molecular complexity index is 291. The Morgan fingerprint density at radius 1 is 1.60 bits per heavy atom. The quantitative estimate of drug-likeness (QED) is 0.694. The molecule has 0 spiro atoms. The van der Waals surface area contributed by atoms with E-state index in [1.807, 2.05) is 7.05 Å². The van der Waals surface area contributed by atoms with Gasteiger partial charge in [-0.05, 0) is 19.5 Å². The predicted octanol–water partition coefficient (Wildman–Crippen LogP) is 1.35. The third kappa shape index (κ3) is 3.49. The van der Waals surface area contributed by atoms with Crippen LogP contribution < -0.4 is 11.1 Å². The summed E-state index contributed by atoms with van der Waals surface area (Å²) in [5, 5.41) is 3.17. The fourth-order valence-corrected chi connectivity index (χ4v) is 1.38. The first-order valence-corrected chi connectivity index (χ1v) is 5.24. The van der Waals surface area contributed by atoms with Gasteiger partial charge >= 0.3 is 0 Å². The molecule has 0 fully saturated rings. The summed E-state index contributed by atoms with van der Waals surface area (Å²) in [6, 6.07) is 1.92. The molecule has 4 nitrogen and oxygen atoms in total. The molecule has 1 rings (SSSR count). The minimum absolute atomic E-state index is 0.116. The highest BCUT2D eigenvalue weighted by molar-refractivity contribution is 5.46. The topological polar surface area (TPSA) is 60.2 Å². The van der Waals surface area contributed by atoms with Crippen molar-refractivity contribution >= 4 is 5.69 Å². The summed E-state index contributed by atoms with van der Waals surface area (Å²) < 4.78 is 5.50. The smallest absolute Gasteiger partial charge is 0.0662 e. The molecule has 1 unspecified atom stereocenters. The molecular weight excluding hydrogens is 190 g/mol. The van der Waals surface area contributed by atoms with Gasteiger partial charge in [-0.15, -0.1) is 0 Å². The first-order chi connectivity index (χ1) is 7.29. The van der Waals surface area contributed by atoms with Crippen molar-refractivity contribution in [1.82, 2.24) is 10.3 Å². The summed E-state index contributed by atoms with van der Waals surface area (Å²) >= 11 is 0. The maximum absolute atomic E-state index is 5.87. The average molecular weight is 209 g/mol. The van der Waals surface area contributed by atoms with Crippen LogP contribution in [0.3, 0.4) is 0 Å². The third-order valence-electron chi connectivity index (χ3n) is 2.24. The molecule has 0 aromatic carbocycles. The van der Waals surface area contributed by atoms with E-state index >= 15 is 0 Å². The zero-order valence-corrected chi connectivity index (χ0v) is 9.36. The molecule has 0 saturated heterocycles. The van der Waals surface area contributed by atoms with Gasteiger partial charge in [0.15, 0.2) is 0 Å². The van der Waals surface area contributed by atoms with Gasteiger partial charge in [-0.25, -0.2) is 0 Å². The molecule has 1 atom stereocenters. The van der Waals surface area contributed by atoms with E-state index in [2.05, 4.69) is 17.2 Å². The van der Waals surface area contributed by atoms with Crippen molar-refractivity contribution < 1.29 is 4.74 Å². The number of likely N-dealkylation sites (N-methyl/N-ethyl adjacent to an activating group) is 1. The van der Waals surface area contributed by atoms with E-state index in [4.69, 9.17) is 10.5 Å². The number of rotatable bonds is 6. The first kappa shape index (κ1) is 11.9. The van der Waals surface area contributed by atoms with Crippen LogP contribution in [-0.2, 0) is 4.74 Å². The number of hydrogen-bond acceptors (Lipinski definition) is 4. The van der Waals surface area contributed by atoms with E-state index in [0.717, 1.165) is 24.3 Å². The number of nitrogens with two attached hydrogens (primary N) is 1. The van der Waals surface area contributed by atoms with Gasteiger partial charge in [0.25, 0.3) is 0 Å². The van der Waals surface area contributed by atoms with Crippen LogP contribution in [0.15, 0.2) is 18.5 Å². The molecule has 0 aliphatic heterocycles. The summed E-state index contributed by atoms with van der Waals surface area (Å²) in [5.74, 6) is 0. The van der Waals surface area contributed by atoms with Crippen LogP contribution in [0.4, 0.5) is 5.69 Å². The molecule has 0 aliphatic carbocycles. The van der Waals surface area contributed by atoms with Crippen molar-refractivity contribution in [2.45, 2.75) is 19.4 Å². The van der Waals surface area contributed by atoms with Crippen molar-refractivity contribution in [3.63, 3.8) is 0 Å². The van der Waals surface area contributed by atoms with E-state index in [1.165, 1.54) is 0 Å². The molecule has 1 aromatic heterocycles. The lowest BCUT2D eigenvalue weighted by molar-refractivity contribution is 0.114. The van der Waals surface area contributed by atoms with Crippen LogP contribution >= 0.6 is 0 Å². The molecule has 0 aliphatic rings. The van der Waals surface area contributed by atoms with Crippen molar-refractivity contribution in [3.05, 3.63) is 24.0 Å². The van der Waals surface area contributed by atoms with Crippen LogP contribution in [0.2, 0.25) is 0 Å². The van der Waals surface area contributed by atoms with Crippen LogP contribution in [0, 0.1) is 0 Å². The Morgan fingerprint density at radius 2 is 2.40 bits per heavy atom. The second-order valence-corrected chi connectivity index (χ2v) is 3.42. The van der Waals surface area contributed by atoms with Crippen molar-refractivity contribution in [2.24, 2.45) is 0 Å². The maximum Gasteiger partial charge on any atom is 0.0662 e. The van der Waals surface area contributed by atoms with Gasteiger partial charge in [-0.3, -0.25) is 4.98 Å². The average Bonchev–Trinajstić information content (AvgIpc) is 2.26. The fraction of sp³-hybridized carbons (Fsp3) is 0.545. The summed E-state index contributed by atoms with van der Waals surface area (Å²) in [5.41, 5.74) is 7.62. The molecule has 84 valence electrons. The van der Waals surface area contributed by atoms with Gasteiger partial charge in [0.2, 0.25) is 0 Å². The Hall–Kier alpha value is -1.13. The standard InChI is InChI=1S/C11H19N3O/c1-3-6-15-8-11(13-2)9-7-14-5-4-10(9)12/h4-5,7,11,13H,3,6,8H2,1-2H3,(H2,12,14). The molecule has 3 N–H and O–H groups in total. The third-order valence-corrected chi connectivity index (χ3v) is 2.24. The molecule has 15 heavy (non-hydrogen) atoms. The lowest BCUT2D eigenvalue weighted by Crippen LogP contribution is -2.23. The van der Waals surface area contributed by atoms with Crippen LogP contribution in [0.1, 0.15) is 24.9 Å². The van der Waals surface area contributed by atoms with Crippen molar-refractivity contribution in [1.29, 1.82) is 0 Å². The second-order valence-electron chi connectivity index (χ2n) is 3.42. The number of nitrogens with zero attached hydrogens (tertiary/aromatic N) is 1. The summed E-state index contributed by atoms with van der Waals surface area (Å²) in [6.45, 7) is 3.49. The van der Waals surface area contributed by atoms with Gasteiger partial charge < -0.3 is 15.8 Å². The van der Waals surface area contributed by atoms with Gasteiger partial charge in [0.1, 0.15) is 0 Å². The molecule has 4 heteroatoms. The number of hydrogen-bond donors (Lipinski definition) is 2. The van der Waals surface area contributed by atoms with Gasteiger partial charge in [-0.2, -0.15) is 0 Å². The zero-order valence-electron chi connectivity index (χ0n) is 9.36. The molecule has 0 amide bonds. The van der Waals surface area contributed by atoms with Crippen LogP contribution in [-0.4, -0.2) is 25.2 Å². The zero-order chi connectivity index (χ0) is 11.1.